The Balaban J connectivity index is 2.10. The Labute approximate surface area is 107 Å². The summed E-state index contributed by atoms with van der Waals surface area (Å²) in [5.41, 5.74) is 0. The molecule has 104 valence electrons. The van der Waals surface area contributed by atoms with E-state index in [4.69, 9.17) is 4.74 Å². The van der Waals surface area contributed by atoms with Crippen molar-refractivity contribution in [2.75, 3.05) is 46.4 Å². The molecule has 1 rings (SSSR count). The Kier molecular flexibility index (Phi) is 6.45. The lowest BCUT2D eigenvalue weighted by Gasteiger charge is -2.17. The van der Waals surface area contributed by atoms with Gasteiger partial charge in [-0.2, -0.15) is 0 Å². The van der Waals surface area contributed by atoms with Crippen LogP contribution in [0.3, 0.4) is 0 Å². The number of hydrogen-bond donors (Lipinski definition) is 3. The Morgan fingerprint density at radius 3 is 2.94 bits per heavy atom. The molecule has 1 fully saturated rings. The van der Waals surface area contributed by atoms with Gasteiger partial charge in [-0.25, -0.2) is 4.79 Å². The molecule has 0 radical (unpaired) electrons. The smallest absolute Gasteiger partial charge is 0.317 e. The van der Waals surface area contributed by atoms with Crippen molar-refractivity contribution in [1.29, 1.82) is 0 Å². The molecule has 1 unspecified atom stereocenters. The molecule has 0 bridgehead atoms. The number of methoxy groups -OCH3 is 1. The largest absolute Gasteiger partial charge is 0.383 e. The molecule has 0 aliphatic carbocycles. The molecule has 0 aromatic rings. The van der Waals surface area contributed by atoms with Gasteiger partial charge in [0.2, 0.25) is 5.91 Å². The van der Waals surface area contributed by atoms with Crippen LogP contribution in [0.2, 0.25) is 0 Å². The number of nitrogens with one attached hydrogen (secondary N) is 3. The first kappa shape index (κ1) is 14.7. The van der Waals surface area contributed by atoms with E-state index in [0.717, 1.165) is 6.54 Å². The van der Waals surface area contributed by atoms with Crippen LogP contribution in [0.4, 0.5) is 4.79 Å². The first-order valence-electron chi connectivity index (χ1n) is 6.18. The fourth-order valence-corrected chi connectivity index (χ4v) is 1.66. The SMILES string of the molecule is COCCNC(=O)C(C)NCCN1CCNC1=O. The molecule has 0 aromatic carbocycles. The van der Waals surface area contributed by atoms with Crippen molar-refractivity contribution in [2.24, 2.45) is 0 Å². The molecule has 1 heterocycles. The number of hydrogen-bond acceptors (Lipinski definition) is 4. The molecule has 1 saturated heterocycles. The minimum Gasteiger partial charge on any atom is -0.383 e. The summed E-state index contributed by atoms with van der Waals surface area (Å²) in [5.74, 6) is -0.0575. The van der Waals surface area contributed by atoms with E-state index < -0.39 is 0 Å². The van der Waals surface area contributed by atoms with Crippen molar-refractivity contribution in [3.05, 3.63) is 0 Å². The molecule has 1 aliphatic rings. The number of carbonyl (C=O) groups excluding carboxylic acids is 2. The highest BCUT2D eigenvalue weighted by atomic mass is 16.5. The maximum absolute atomic E-state index is 11.6. The molecule has 7 heteroatoms. The van der Waals surface area contributed by atoms with Crippen LogP contribution in [-0.4, -0.2) is 69.3 Å². The van der Waals surface area contributed by atoms with Crippen molar-refractivity contribution < 1.29 is 14.3 Å². The maximum Gasteiger partial charge on any atom is 0.317 e. The lowest BCUT2D eigenvalue weighted by atomic mass is 10.3. The van der Waals surface area contributed by atoms with E-state index in [2.05, 4.69) is 16.0 Å². The Morgan fingerprint density at radius 2 is 2.33 bits per heavy atom. The highest BCUT2D eigenvalue weighted by Gasteiger charge is 2.19. The van der Waals surface area contributed by atoms with Crippen LogP contribution in [0.25, 0.3) is 0 Å². The number of amides is 3. The zero-order chi connectivity index (χ0) is 13.4. The summed E-state index contributed by atoms with van der Waals surface area (Å²) in [6.07, 6.45) is 0. The Bertz CT molecular complexity index is 285. The highest BCUT2D eigenvalue weighted by Crippen LogP contribution is 1.94. The topological polar surface area (TPSA) is 82.7 Å². The van der Waals surface area contributed by atoms with Crippen molar-refractivity contribution in [1.82, 2.24) is 20.9 Å². The molecule has 1 atom stereocenters. The first-order chi connectivity index (χ1) is 8.65. The van der Waals surface area contributed by atoms with E-state index in [1.807, 2.05) is 0 Å². The zero-order valence-corrected chi connectivity index (χ0v) is 11.0. The maximum atomic E-state index is 11.6. The summed E-state index contributed by atoms with van der Waals surface area (Å²) in [5, 5.41) is 8.56. The predicted molar refractivity (Wildman–Crippen MR) is 67.3 cm³/mol. The van der Waals surface area contributed by atoms with E-state index in [-0.39, 0.29) is 18.0 Å². The van der Waals surface area contributed by atoms with E-state index in [1.54, 1.807) is 18.9 Å². The van der Waals surface area contributed by atoms with Gasteiger partial charge in [0, 0.05) is 39.8 Å². The van der Waals surface area contributed by atoms with Gasteiger partial charge >= 0.3 is 6.03 Å². The second-order valence-electron chi connectivity index (χ2n) is 4.18. The molecule has 1 aliphatic heterocycles. The van der Waals surface area contributed by atoms with Gasteiger partial charge in [0.15, 0.2) is 0 Å². The summed E-state index contributed by atoms with van der Waals surface area (Å²) in [7, 11) is 1.59. The summed E-state index contributed by atoms with van der Waals surface area (Å²) in [4.78, 5) is 24.6. The summed E-state index contributed by atoms with van der Waals surface area (Å²) in [6, 6.07) is -0.304. The van der Waals surface area contributed by atoms with Crippen LogP contribution in [0.5, 0.6) is 0 Å². The first-order valence-corrected chi connectivity index (χ1v) is 6.18. The van der Waals surface area contributed by atoms with Crippen LogP contribution in [-0.2, 0) is 9.53 Å². The van der Waals surface area contributed by atoms with Crippen LogP contribution < -0.4 is 16.0 Å². The fourth-order valence-electron chi connectivity index (χ4n) is 1.66. The molecule has 7 nitrogen and oxygen atoms in total. The Hall–Kier alpha value is -1.34. The van der Waals surface area contributed by atoms with E-state index in [1.165, 1.54) is 0 Å². The van der Waals surface area contributed by atoms with Crippen molar-refractivity contribution in [3.8, 4) is 0 Å². The quantitative estimate of drug-likeness (QED) is 0.475. The predicted octanol–water partition coefficient (Wildman–Crippen LogP) is -1.25. The average Bonchev–Trinajstić information content (AvgIpc) is 2.75. The van der Waals surface area contributed by atoms with E-state index in [0.29, 0.717) is 32.8 Å². The van der Waals surface area contributed by atoms with Crippen LogP contribution in [0, 0.1) is 0 Å². The zero-order valence-electron chi connectivity index (χ0n) is 11.0. The fraction of sp³-hybridized carbons (Fsp3) is 0.818. The monoisotopic (exact) mass is 258 g/mol. The van der Waals surface area contributed by atoms with Crippen LogP contribution in [0.15, 0.2) is 0 Å². The lowest BCUT2D eigenvalue weighted by Crippen LogP contribution is -2.45. The summed E-state index contributed by atoms with van der Waals surface area (Å²) < 4.78 is 4.85. The third-order valence-corrected chi connectivity index (χ3v) is 2.78. The number of rotatable bonds is 8. The molecule has 3 amide bonds. The molecular formula is C11H22N4O3. The number of nitrogens with zero attached hydrogens (tertiary/aromatic N) is 1. The van der Waals surface area contributed by atoms with E-state index in [9.17, 15) is 9.59 Å². The van der Waals surface area contributed by atoms with Gasteiger partial charge in [0.25, 0.3) is 0 Å². The summed E-state index contributed by atoms with van der Waals surface area (Å²) in [6.45, 7) is 5.46. The third-order valence-electron chi connectivity index (χ3n) is 2.78. The van der Waals surface area contributed by atoms with Crippen molar-refractivity contribution in [3.63, 3.8) is 0 Å². The van der Waals surface area contributed by atoms with Crippen LogP contribution >= 0.6 is 0 Å². The normalized spacial score (nSPS) is 16.6. The highest BCUT2D eigenvalue weighted by molar-refractivity contribution is 5.81. The molecule has 0 aromatic heterocycles. The lowest BCUT2D eigenvalue weighted by molar-refractivity contribution is -0.122. The number of ether oxygens (including phenoxy) is 1. The molecule has 18 heavy (non-hydrogen) atoms. The Morgan fingerprint density at radius 1 is 1.56 bits per heavy atom. The third kappa shape index (κ3) is 4.89. The van der Waals surface area contributed by atoms with Crippen molar-refractivity contribution in [2.45, 2.75) is 13.0 Å². The van der Waals surface area contributed by atoms with Gasteiger partial charge in [-0.15, -0.1) is 0 Å². The van der Waals surface area contributed by atoms with Gasteiger partial charge in [-0.1, -0.05) is 0 Å². The van der Waals surface area contributed by atoms with Crippen LogP contribution in [0.1, 0.15) is 6.92 Å². The van der Waals surface area contributed by atoms with Gasteiger partial charge in [-0.3, -0.25) is 4.79 Å². The van der Waals surface area contributed by atoms with E-state index >= 15 is 0 Å². The summed E-state index contributed by atoms with van der Waals surface area (Å²) >= 11 is 0. The molecule has 3 N–H and O–H groups in total. The second kappa shape index (κ2) is 7.88. The minimum atomic E-state index is -0.271. The molecule has 0 spiro atoms. The van der Waals surface area contributed by atoms with Crippen molar-refractivity contribution >= 4 is 11.9 Å². The molecule has 0 saturated carbocycles. The van der Waals surface area contributed by atoms with Gasteiger partial charge < -0.3 is 25.6 Å². The van der Waals surface area contributed by atoms with Gasteiger partial charge in [0.05, 0.1) is 12.6 Å². The number of carbonyl (C=O) groups is 2. The minimum absolute atomic E-state index is 0.0333. The van der Waals surface area contributed by atoms with Gasteiger partial charge in [-0.05, 0) is 6.92 Å². The molecular weight excluding hydrogens is 236 g/mol. The van der Waals surface area contributed by atoms with Gasteiger partial charge in [0.1, 0.15) is 0 Å². The standard InChI is InChI=1S/C11H22N4O3/c1-9(10(16)13-5-8-18-2)12-3-6-15-7-4-14-11(15)17/h9,12H,3-8H2,1-2H3,(H,13,16)(H,14,17). The second-order valence-corrected chi connectivity index (χ2v) is 4.18. The number of urea groups is 1. The average molecular weight is 258 g/mol.